The lowest BCUT2D eigenvalue weighted by Gasteiger charge is -2.15. The predicted octanol–water partition coefficient (Wildman–Crippen LogP) is 2.07. The molecule has 1 atom stereocenters. The molecule has 0 aliphatic carbocycles. The van der Waals surface area contributed by atoms with Gasteiger partial charge in [-0.05, 0) is 24.5 Å². The maximum atomic E-state index is 11.8. The Bertz CT molecular complexity index is 422. The monoisotopic (exact) mass is 253 g/mol. The first-order valence-electron chi connectivity index (χ1n) is 6.06. The number of hydrogen-bond acceptors (Lipinski definition) is 3. The summed E-state index contributed by atoms with van der Waals surface area (Å²) in [4.78, 5) is 22.8. The molecule has 1 amide bonds. The SMILES string of the molecule is CCc1ccc(C(=O)NC(CC(C)C)C(=O)O)o1. The summed E-state index contributed by atoms with van der Waals surface area (Å²) < 4.78 is 5.28. The van der Waals surface area contributed by atoms with Crippen molar-refractivity contribution in [2.45, 2.75) is 39.7 Å². The number of carboxylic acids is 1. The van der Waals surface area contributed by atoms with E-state index in [9.17, 15) is 9.59 Å². The van der Waals surface area contributed by atoms with Gasteiger partial charge in [0.2, 0.25) is 0 Å². The number of aliphatic carboxylic acids is 1. The largest absolute Gasteiger partial charge is 0.480 e. The lowest BCUT2D eigenvalue weighted by Crippen LogP contribution is -2.41. The molecule has 5 nitrogen and oxygen atoms in total. The number of carbonyl (C=O) groups excluding carboxylic acids is 1. The average molecular weight is 253 g/mol. The summed E-state index contributed by atoms with van der Waals surface area (Å²) in [6.07, 6.45) is 1.09. The average Bonchev–Trinajstić information content (AvgIpc) is 2.75. The number of aryl methyl sites for hydroxylation is 1. The summed E-state index contributed by atoms with van der Waals surface area (Å²) in [5.74, 6) is -0.464. The fourth-order valence-electron chi connectivity index (χ4n) is 1.61. The Balaban J connectivity index is 2.69. The molecule has 0 fully saturated rings. The molecule has 0 aromatic carbocycles. The number of carbonyl (C=O) groups is 2. The van der Waals surface area contributed by atoms with Crippen LogP contribution in [0.15, 0.2) is 16.5 Å². The van der Waals surface area contributed by atoms with Gasteiger partial charge in [0.15, 0.2) is 5.76 Å². The second-order valence-corrected chi connectivity index (χ2v) is 4.61. The second kappa shape index (κ2) is 6.23. The molecule has 0 bridgehead atoms. The van der Waals surface area contributed by atoms with E-state index in [2.05, 4.69) is 5.32 Å². The summed E-state index contributed by atoms with van der Waals surface area (Å²) in [5.41, 5.74) is 0. The van der Waals surface area contributed by atoms with Crippen LogP contribution in [0.2, 0.25) is 0 Å². The van der Waals surface area contributed by atoms with Gasteiger partial charge in [-0.3, -0.25) is 4.79 Å². The third-order valence-corrected chi connectivity index (χ3v) is 2.54. The van der Waals surface area contributed by atoms with Crippen LogP contribution in [-0.2, 0) is 11.2 Å². The van der Waals surface area contributed by atoms with Crippen LogP contribution in [0.25, 0.3) is 0 Å². The van der Waals surface area contributed by atoms with Gasteiger partial charge >= 0.3 is 5.97 Å². The van der Waals surface area contributed by atoms with Gasteiger partial charge in [0.05, 0.1) is 0 Å². The number of carboxylic acid groups (broad SMARTS) is 1. The van der Waals surface area contributed by atoms with Crippen molar-refractivity contribution in [2.24, 2.45) is 5.92 Å². The second-order valence-electron chi connectivity index (χ2n) is 4.61. The third kappa shape index (κ3) is 3.91. The number of furan rings is 1. The van der Waals surface area contributed by atoms with Gasteiger partial charge in [-0.25, -0.2) is 4.79 Å². The quantitative estimate of drug-likeness (QED) is 0.813. The fourth-order valence-corrected chi connectivity index (χ4v) is 1.61. The highest BCUT2D eigenvalue weighted by Crippen LogP contribution is 2.10. The van der Waals surface area contributed by atoms with Crippen molar-refractivity contribution in [1.29, 1.82) is 0 Å². The van der Waals surface area contributed by atoms with Crippen LogP contribution in [0.4, 0.5) is 0 Å². The first-order chi connectivity index (χ1) is 8.43. The molecule has 0 aliphatic rings. The number of rotatable bonds is 6. The lowest BCUT2D eigenvalue weighted by molar-refractivity contribution is -0.139. The molecule has 18 heavy (non-hydrogen) atoms. The molecule has 2 N–H and O–H groups in total. The molecule has 0 radical (unpaired) electrons. The van der Waals surface area contributed by atoms with E-state index in [1.807, 2.05) is 20.8 Å². The van der Waals surface area contributed by atoms with E-state index in [1.165, 1.54) is 0 Å². The minimum Gasteiger partial charge on any atom is -0.480 e. The van der Waals surface area contributed by atoms with Crippen molar-refractivity contribution < 1.29 is 19.1 Å². The van der Waals surface area contributed by atoms with Gasteiger partial charge in [-0.15, -0.1) is 0 Å². The molecule has 1 aromatic heterocycles. The summed E-state index contributed by atoms with van der Waals surface area (Å²) in [7, 11) is 0. The fraction of sp³-hybridized carbons (Fsp3) is 0.538. The zero-order valence-electron chi connectivity index (χ0n) is 10.9. The smallest absolute Gasteiger partial charge is 0.326 e. The Morgan fingerprint density at radius 1 is 1.39 bits per heavy atom. The minimum absolute atomic E-state index is 0.154. The zero-order valence-corrected chi connectivity index (χ0v) is 10.9. The predicted molar refractivity (Wildman–Crippen MR) is 66.4 cm³/mol. The van der Waals surface area contributed by atoms with Crippen molar-refractivity contribution in [2.75, 3.05) is 0 Å². The summed E-state index contributed by atoms with van der Waals surface area (Å²) in [6.45, 7) is 5.73. The molecule has 1 rings (SSSR count). The summed E-state index contributed by atoms with van der Waals surface area (Å²) in [6, 6.07) is 2.39. The topological polar surface area (TPSA) is 79.5 Å². The summed E-state index contributed by atoms with van der Waals surface area (Å²) in [5, 5.41) is 11.5. The van der Waals surface area contributed by atoms with E-state index in [0.717, 1.165) is 0 Å². The molecular formula is C13H19NO4. The van der Waals surface area contributed by atoms with E-state index in [1.54, 1.807) is 12.1 Å². The van der Waals surface area contributed by atoms with Crippen LogP contribution in [0.5, 0.6) is 0 Å². The van der Waals surface area contributed by atoms with Crippen LogP contribution in [0.1, 0.15) is 43.5 Å². The van der Waals surface area contributed by atoms with Gasteiger partial charge in [-0.2, -0.15) is 0 Å². The van der Waals surface area contributed by atoms with Crippen LogP contribution in [0.3, 0.4) is 0 Å². The number of amides is 1. The molecule has 5 heteroatoms. The molecule has 1 heterocycles. The Morgan fingerprint density at radius 3 is 2.50 bits per heavy atom. The van der Waals surface area contributed by atoms with Crippen molar-refractivity contribution >= 4 is 11.9 Å². The van der Waals surface area contributed by atoms with E-state index < -0.39 is 17.9 Å². The zero-order chi connectivity index (χ0) is 13.7. The van der Waals surface area contributed by atoms with Gasteiger partial charge in [0.25, 0.3) is 5.91 Å². The Kier molecular flexibility index (Phi) is 4.95. The normalized spacial score (nSPS) is 12.4. The van der Waals surface area contributed by atoms with Crippen LogP contribution in [-0.4, -0.2) is 23.0 Å². The maximum Gasteiger partial charge on any atom is 0.326 e. The van der Waals surface area contributed by atoms with Gasteiger partial charge in [-0.1, -0.05) is 20.8 Å². The van der Waals surface area contributed by atoms with Crippen LogP contribution >= 0.6 is 0 Å². The van der Waals surface area contributed by atoms with Crippen molar-refractivity contribution in [3.63, 3.8) is 0 Å². The van der Waals surface area contributed by atoms with Gasteiger partial charge in [0.1, 0.15) is 11.8 Å². The van der Waals surface area contributed by atoms with Crippen molar-refractivity contribution in [3.8, 4) is 0 Å². The standard InChI is InChI=1S/C13H19NO4/c1-4-9-5-6-11(18-9)12(15)14-10(13(16)17)7-8(2)3/h5-6,8,10H,4,7H2,1-3H3,(H,14,15)(H,16,17). The summed E-state index contributed by atoms with van der Waals surface area (Å²) >= 11 is 0. The van der Waals surface area contributed by atoms with E-state index in [0.29, 0.717) is 18.6 Å². The molecule has 0 spiro atoms. The minimum atomic E-state index is -1.03. The first-order valence-corrected chi connectivity index (χ1v) is 6.06. The number of hydrogen-bond donors (Lipinski definition) is 2. The van der Waals surface area contributed by atoms with Gasteiger partial charge in [0, 0.05) is 6.42 Å². The first kappa shape index (κ1) is 14.3. The van der Waals surface area contributed by atoms with E-state index >= 15 is 0 Å². The number of nitrogens with one attached hydrogen (secondary N) is 1. The molecule has 100 valence electrons. The highest BCUT2D eigenvalue weighted by atomic mass is 16.4. The Hall–Kier alpha value is -1.78. The maximum absolute atomic E-state index is 11.8. The van der Waals surface area contributed by atoms with E-state index in [4.69, 9.17) is 9.52 Å². The van der Waals surface area contributed by atoms with E-state index in [-0.39, 0.29) is 11.7 Å². The third-order valence-electron chi connectivity index (χ3n) is 2.54. The highest BCUT2D eigenvalue weighted by molar-refractivity contribution is 5.94. The Morgan fingerprint density at radius 2 is 2.06 bits per heavy atom. The molecular weight excluding hydrogens is 234 g/mol. The van der Waals surface area contributed by atoms with Crippen molar-refractivity contribution in [1.82, 2.24) is 5.32 Å². The molecule has 0 saturated heterocycles. The lowest BCUT2D eigenvalue weighted by atomic mass is 10.0. The molecule has 0 aliphatic heterocycles. The van der Waals surface area contributed by atoms with Crippen LogP contribution in [0, 0.1) is 5.92 Å². The molecule has 1 unspecified atom stereocenters. The highest BCUT2D eigenvalue weighted by Gasteiger charge is 2.23. The van der Waals surface area contributed by atoms with Crippen molar-refractivity contribution in [3.05, 3.63) is 23.7 Å². The Labute approximate surface area is 106 Å². The van der Waals surface area contributed by atoms with Crippen LogP contribution < -0.4 is 5.32 Å². The van der Waals surface area contributed by atoms with Gasteiger partial charge < -0.3 is 14.8 Å². The molecule has 0 saturated carbocycles. The molecule has 1 aromatic rings.